The molecule has 1 saturated carbocycles. The SMILES string of the molecule is O=C(NC1CCN(CC(F)(F)F)C1)c1cc(C2CC2)on1. The summed E-state index contributed by atoms with van der Waals surface area (Å²) in [6.07, 6.45) is -1.60. The van der Waals surface area contributed by atoms with Crippen LogP contribution in [0, 0.1) is 0 Å². The molecular weight excluding hydrogens is 287 g/mol. The van der Waals surface area contributed by atoms with Gasteiger partial charge < -0.3 is 9.84 Å². The number of nitrogens with zero attached hydrogens (tertiary/aromatic N) is 2. The van der Waals surface area contributed by atoms with Crippen LogP contribution in [0.15, 0.2) is 10.6 Å². The lowest BCUT2D eigenvalue weighted by Crippen LogP contribution is -2.39. The Morgan fingerprint density at radius 3 is 2.86 bits per heavy atom. The van der Waals surface area contributed by atoms with Crippen LogP contribution in [0.1, 0.15) is 41.4 Å². The molecule has 1 unspecified atom stereocenters. The average molecular weight is 303 g/mol. The van der Waals surface area contributed by atoms with E-state index in [0.29, 0.717) is 24.6 Å². The van der Waals surface area contributed by atoms with Gasteiger partial charge in [0.15, 0.2) is 5.69 Å². The van der Waals surface area contributed by atoms with E-state index in [4.69, 9.17) is 4.52 Å². The second kappa shape index (κ2) is 5.32. The molecule has 2 heterocycles. The Morgan fingerprint density at radius 1 is 1.43 bits per heavy atom. The van der Waals surface area contributed by atoms with Crippen molar-refractivity contribution < 1.29 is 22.5 Å². The predicted octanol–water partition coefficient (Wildman–Crippen LogP) is 1.92. The number of hydrogen-bond donors (Lipinski definition) is 1. The first kappa shape index (κ1) is 14.4. The standard InChI is InChI=1S/C13H16F3N3O2/c14-13(15,16)7-19-4-3-9(6-19)17-12(20)10-5-11(21-18-10)8-1-2-8/h5,8-9H,1-4,6-7H2,(H,17,20). The highest BCUT2D eigenvalue weighted by molar-refractivity contribution is 5.92. The molecular formula is C13H16F3N3O2. The molecule has 1 amide bonds. The smallest absolute Gasteiger partial charge is 0.360 e. The lowest BCUT2D eigenvalue weighted by molar-refractivity contribution is -0.143. The molecule has 1 atom stereocenters. The zero-order chi connectivity index (χ0) is 15.0. The second-order valence-corrected chi connectivity index (χ2v) is 5.70. The van der Waals surface area contributed by atoms with E-state index in [1.807, 2.05) is 0 Å². The average Bonchev–Trinajstić information content (AvgIpc) is 2.95. The van der Waals surface area contributed by atoms with Gasteiger partial charge in [-0.25, -0.2) is 0 Å². The molecule has 8 heteroatoms. The van der Waals surface area contributed by atoms with Crippen molar-refractivity contribution in [3.63, 3.8) is 0 Å². The summed E-state index contributed by atoms with van der Waals surface area (Å²) < 4.78 is 42.0. The van der Waals surface area contributed by atoms with Crippen molar-refractivity contribution in [1.82, 2.24) is 15.4 Å². The molecule has 1 aliphatic heterocycles. The highest BCUT2D eigenvalue weighted by Gasteiger charge is 2.35. The van der Waals surface area contributed by atoms with Crippen LogP contribution in [-0.4, -0.2) is 47.8 Å². The number of carbonyl (C=O) groups is 1. The molecule has 0 spiro atoms. The van der Waals surface area contributed by atoms with E-state index < -0.39 is 12.7 Å². The Hall–Kier alpha value is -1.57. The summed E-state index contributed by atoms with van der Waals surface area (Å²) in [6, 6.07) is 1.34. The van der Waals surface area contributed by atoms with Gasteiger partial charge in [-0.3, -0.25) is 9.69 Å². The van der Waals surface area contributed by atoms with Crippen LogP contribution in [-0.2, 0) is 0 Å². The number of nitrogens with one attached hydrogen (secondary N) is 1. The third-order valence-corrected chi connectivity index (χ3v) is 3.75. The molecule has 1 aromatic heterocycles. The Labute approximate surface area is 119 Å². The van der Waals surface area contributed by atoms with Gasteiger partial charge in [0.1, 0.15) is 5.76 Å². The van der Waals surface area contributed by atoms with Crippen LogP contribution in [0.3, 0.4) is 0 Å². The normalized spacial score (nSPS) is 23.5. The van der Waals surface area contributed by atoms with E-state index in [0.717, 1.165) is 12.8 Å². The van der Waals surface area contributed by atoms with Crippen molar-refractivity contribution in [3.05, 3.63) is 17.5 Å². The number of likely N-dealkylation sites (tertiary alicyclic amines) is 1. The fourth-order valence-corrected chi connectivity index (χ4v) is 2.56. The van der Waals surface area contributed by atoms with Crippen LogP contribution in [0.25, 0.3) is 0 Å². The number of amides is 1. The summed E-state index contributed by atoms with van der Waals surface area (Å²) in [6.45, 7) is -0.398. The zero-order valence-corrected chi connectivity index (χ0v) is 11.3. The number of rotatable bonds is 4. The first-order valence-electron chi connectivity index (χ1n) is 6.97. The van der Waals surface area contributed by atoms with Gasteiger partial charge in [0.25, 0.3) is 5.91 Å². The minimum atomic E-state index is -4.20. The number of alkyl halides is 3. The summed E-state index contributed by atoms with van der Waals surface area (Å²) >= 11 is 0. The molecule has 0 aromatic carbocycles. The summed E-state index contributed by atoms with van der Waals surface area (Å²) in [4.78, 5) is 13.3. The van der Waals surface area contributed by atoms with E-state index >= 15 is 0 Å². The highest BCUT2D eigenvalue weighted by atomic mass is 19.4. The molecule has 116 valence electrons. The predicted molar refractivity (Wildman–Crippen MR) is 66.8 cm³/mol. The second-order valence-electron chi connectivity index (χ2n) is 5.70. The number of hydrogen-bond acceptors (Lipinski definition) is 4. The molecule has 2 aliphatic rings. The van der Waals surface area contributed by atoms with Crippen LogP contribution < -0.4 is 5.32 Å². The van der Waals surface area contributed by atoms with E-state index in [9.17, 15) is 18.0 Å². The maximum atomic E-state index is 12.3. The third kappa shape index (κ3) is 3.75. The molecule has 5 nitrogen and oxygen atoms in total. The number of halogens is 3. The summed E-state index contributed by atoms with van der Waals surface area (Å²) in [7, 11) is 0. The third-order valence-electron chi connectivity index (χ3n) is 3.75. The van der Waals surface area contributed by atoms with Crippen molar-refractivity contribution >= 4 is 5.91 Å². The van der Waals surface area contributed by atoms with E-state index in [-0.39, 0.29) is 24.2 Å². The lowest BCUT2D eigenvalue weighted by atomic mass is 10.2. The molecule has 21 heavy (non-hydrogen) atoms. The molecule has 1 saturated heterocycles. The Morgan fingerprint density at radius 2 is 2.19 bits per heavy atom. The van der Waals surface area contributed by atoms with Crippen LogP contribution in [0.4, 0.5) is 13.2 Å². The van der Waals surface area contributed by atoms with Crippen LogP contribution >= 0.6 is 0 Å². The van der Waals surface area contributed by atoms with Crippen LogP contribution in [0.2, 0.25) is 0 Å². The largest absolute Gasteiger partial charge is 0.401 e. The number of carbonyl (C=O) groups excluding carboxylic acids is 1. The van der Waals surface area contributed by atoms with E-state index in [2.05, 4.69) is 10.5 Å². The number of aromatic nitrogens is 1. The summed E-state index contributed by atoms with van der Waals surface area (Å²) in [5, 5.41) is 6.43. The van der Waals surface area contributed by atoms with Crippen molar-refractivity contribution in [1.29, 1.82) is 0 Å². The monoisotopic (exact) mass is 303 g/mol. The fourth-order valence-electron chi connectivity index (χ4n) is 2.56. The van der Waals surface area contributed by atoms with Gasteiger partial charge in [-0.05, 0) is 19.3 Å². The Bertz CT molecular complexity index is 525. The zero-order valence-electron chi connectivity index (χ0n) is 11.3. The molecule has 1 aromatic rings. The van der Waals surface area contributed by atoms with Gasteiger partial charge in [0.05, 0.1) is 6.54 Å². The molecule has 0 bridgehead atoms. The first-order valence-corrected chi connectivity index (χ1v) is 6.97. The fraction of sp³-hybridized carbons (Fsp3) is 0.692. The molecule has 3 rings (SSSR count). The minimum Gasteiger partial charge on any atom is -0.360 e. The van der Waals surface area contributed by atoms with Crippen LogP contribution in [0.5, 0.6) is 0 Å². The molecule has 1 aliphatic carbocycles. The Balaban J connectivity index is 1.51. The topological polar surface area (TPSA) is 58.4 Å². The molecule has 2 fully saturated rings. The van der Waals surface area contributed by atoms with Crippen molar-refractivity contribution in [2.75, 3.05) is 19.6 Å². The van der Waals surface area contributed by atoms with Gasteiger partial charge in [-0.2, -0.15) is 13.2 Å². The van der Waals surface area contributed by atoms with E-state index in [1.165, 1.54) is 4.90 Å². The van der Waals surface area contributed by atoms with Gasteiger partial charge in [-0.1, -0.05) is 5.16 Å². The van der Waals surface area contributed by atoms with Crippen molar-refractivity contribution in [2.45, 2.75) is 37.4 Å². The maximum Gasteiger partial charge on any atom is 0.401 e. The van der Waals surface area contributed by atoms with Crippen molar-refractivity contribution in [3.8, 4) is 0 Å². The molecule has 1 N–H and O–H groups in total. The van der Waals surface area contributed by atoms with Crippen molar-refractivity contribution in [2.24, 2.45) is 0 Å². The summed E-state index contributed by atoms with van der Waals surface area (Å²) in [5.41, 5.74) is 0.200. The minimum absolute atomic E-state index is 0.200. The highest BCUT2D eigenvalue weighted by Crippen LogP contribution is 2.40. The van der Waals surface area contributed by atoms with E-state index in [1.54, 1.807) is 6.07 Å². The summed E-state index contributed by atoms with van der Waals surface area (Å²) in [5.74, 6) is 0.697. The lowest BCUT2D eigenvalue weighted by Gasteiger charge is -2.17. The quantitative estimate of drug-likeness (QED) is 0.923. The molecule has 0 radical (unpaired) electrons. The first-order chi connectivity index (χ1) is 9.90. The van der Waals surface area contributed by atoms with Gasteiger partial charge in [0, 0.05) is 31.1 Å². The van der Waals surface area contributed by atoms with Gasteiger partial charge in [0.2, 0.25) is 0 Å². The Kier molecular flexibility index (Phi) is 3.64. The maximum absolute atomic E-state index is 12.3. The van der Waals surface area contributed by atoms with Gasteiger partial charge in [-0.15, -0.1) is 0 Å². The van der Waals surface area contributed by atoms with Gasteiger partial charge >= 0.3 is 6.18 Å².